The molecule has 1 aliphatic rings. The lowest BCUT2D eigenvalue weighted by Crippen LogP contribution is -2.26. The molecule has 0 aromatic carbocycles. The summed E-state index contributed by atoms with van der Waals surface area (Å²) < 4.78 is 13.1. The first kappa shape index (κ1) is 12.4. The number of fused-ring (bicyclic) bond motifs is 1. The van der Waals surface area contributed by atoms with Crippen LogP contribution in [0.15, 0.2) is 18.2 Å². The minimum absolute atomic E-state index is 0.0303. The highest BCUT2D eigenvalue weighted by Gasteiger charge is 2.32. The summed E-state index contributed by atoms with van der Waals surface area (Å²) in [6.45, 7) is 7.06. The number of hydrogen-bond donors (Lipinski definition) is 1. The largest absolute Gasteiger partial charge is 0.350 e. The van der Waals surface area contributed by atoms with E-state index in [1.54, 1.807) is 0 Å². The van der Waals surface area contributed by atoms with Gasteiger partial charge in [0.1, 0.15) is 6.10 Å². The fourth-order valence-corrected chi connectivity index (χ4v) is 2.18. The molecule has 3 heterocycles. The summed E-state index contributed by atoms with van der Waals surface area (Å²) in [5.74, 6) is 0.123. The fraction of sp³-hybridized carbons (Fsp3) is 0.538. The molecule has 1 unspecified atom stereocenters. The number of hydrogen-bond acceptors (Lipinski definition) is 5. The summed E-state index contributed by atoms with van der Waals surface area (Å²) in [5.41, 5.74) is 1.89. The van der Waals surface area contributed by atoms with E-state index in [9.17, 15) is 0 Å². The number of nitrogens with zero attached hydrogens (tertiary/aromatic N) is 3. The molecular weight excluding hydrogens is 244 g/mol. The van der Waals surface area contributed by atoms with Gasteiger partial charge in [-0.3, -0.25) is 0 Å². The van der Waals surface area contributed by atoms with E-state index in [1.807, 2.05) is 43.5 Å². The maximum absolute atomic E-state index is 5.72. The van der Waals surface area contributed by atoms with Crippen molar-refractivity contribution in [1.29, 1.82) is 0 Å². The molecule has 0 spiro atoms. The zero-order valence-electron chi connectivity index (χ0n) is 11.4. The predicted octanol–water partition coefficient (Wildman–Crippen LogP) is 1.60. The van der Waals surface area contributed by atoms with Gasteiger partial charge in [0.2, 0.25) is 5.95 Å². The molecular formula is C13H18N4O2. The molecule has 102 valence electrons. The Morgan fingerprint density at radius 3 is 3.00 bits per heavy atom. The molecule has 0 bridgehead atoms. The molecule has 0 saturated carbocycles. The lowest BCUT2D eigenvalue weighted by molar-refractivity contribution is -0.136. The van der Waals surface area contributed by atoms with Crippen LogP contribution < -0.4 is 5.32 Å². The number of rotatable bonds is 3. The molecule has 1 N–H and O–H groups in total. The second-order valence-corrected chi connectivity index (χ2v) is 5.20. The number of aryl methyl sites for hydroxylation is 1. The zero-order valence-corrected chi connectivity index (χ0v) is 11.4. The Balaban J connectivity index is 1.68. The van der Waals surface area contributed by atoms with Crippen LogP contribution in [0, 0.1) is 6.92 Å². The first-order valence-corrected chi connectivity index (χ1v) is 6.41. The van der Waals surface area contributed by atoms with Gasteiger partial charge in [-0.1, -0.05) is 6.07 Å². The van der Waals surface area contributed by atoms with Crippen LogP contribution in [0.25, 0.3) is 5.65 Å². The van der Waals surface area contributed by atoms with Crippen LogP contribution in [0.2, 0.25) is 0 Å². The van der Waals surface area contributed by atoms with Crippen LogP contribution in [0.4, 0.5) is 5.95 Å². The third-order valence-electron chi connectivity index (χ3n) is 3.10. The minimum Gasteiger partial charge on any atom is -0.350 e. The van der Waals surface area contributed by atoms with Crippen LogP contribution in [-0.4, -0.2) is 39.6 Å². The van der Waals surface area contributed by atoms with Crippen molar-refractivity contribution in [3.63, 3.8) is 0 Å². The van der Waals surface area contributed by atoms with E-state index in [4.69, 9.17) is 9.47 Å². The van der Waals surface area contributed by atoms with Gasteiger partial charge >= 0.3 is 0 Å². The molecule has 19 heavy (non-hydrogen) atoms. The molecule has 0 radical (unpaired) electrons. The van der Waals surface area contributed by atoms with Crippen LogP contribution in [-0.2, 0) is 9.47 Å². The molecule has 1 aliphatic heterocycles. The van der Waals surface area contributed by atoms with E-state index >= 15 is 0 Å². The van der Waals surface area contributed by atoms with Gasteiger partial charge in [0.05, 0.1) is 6.61 Å². The lowest BCUT2D eigenvalue weighted by Gasteiger charge is -2.16. The Bertz CT molecular complexity index is 593. The minimum atomic E-state index is -0.491. The van der Waals surface area contributed by atoms with E-state index in [-0.39, 0.29) is 6.10 Å². The second kappa shape index (κ2) is 4.47. The van der Waals surface area contributed by atoms with E-state index in [0.717, 1.165) is 11.3 Å². The normalized spacial score (nSPS) is 21.9. The van der Waals surface area contributed by atoms with E-state index in [1.165, 1.54) is 0 Å². The van der Waals surface area contributed by atoms with Crippen LogP contribution in [0.5, 0.6) is 0 Å². The summed E-state index contributed by atoms with van der Waals surface area (Å²) in [6.07, 6.45) is 0.0303. The summed E-state index contributed by atoms with van der Waals surface area (Å²) in [4.78, 5) is 4.42. The average Bonchev–Trinajstić information content (AvgIpc) is 2.91. The zero-order chi connectivity index (χ0) is 13.5. The van der Waals surface area contributed by atoms with Gasteiger partial charge in [-0.05, 0) is 32.9 Å². The monoisotopic (exact) mass is 262 g/mol. The van der Waals surface area contributed by atoms with E-state index in [2.05, 4.69) is 15.4 Å². The molecule has 0 amide bonds. The standard InChI is InChI=1S/C13H18N4O2/c1-9-5-4-6-11-15-12(16-17(9)11)14-7-10-8-18-13(2,3)19-10/h4-6,10H,7-8H2,1-3H3,(H,14,16). The lowest BCUT2D eigenvalue weighted by atomic mass is 10.4. The molecule has 0 aliphatic carbocycles. The van der Waals surface area contributed by atoms with Crippen molar-refractivity contribution in [2.45, 2.75) is 32.7 Å². The summed E-state index contributed by atoms with van der Waals surface area (Å²) in [6, 6.07) is 5.91. The third-order valence-corrected chi connectivity index (χ3v) is 3.10. The average molecular weight is 262 g/mol. The maximum atomic E-state index is 5.72. The fourth-order valence-electron chi connectivity index (χ4n) is 2.18. The first-order valence-electron chi connectivity index (χ1n) is 6.41. The Morgan fingerprint density at radius 2 is 2.32 bits per heavy atom. The second-order valence-electron chi connectivity index (χ2n) is 5.20. The quantitative estimate of drug-likeness (QED) is 0.910. The predicted molar refractivity (Wildman–Crippen MR) is 71.1 cm³/mol. The van der Waals surface area contributed by atoms with Crippen molar-refractivity contribution in [2.24, 2.45) is 0 Å². The van der Waals surface area contributed by atoms with E-state index < -0.39 is 5.79 Å². The Kier molecular flexibility index (Phi) is 2.91. The van der Waals surface area contributed by atoms with Crippen molar-refractivity contribution >= 4 is 11.6 Å². The summed E-state index contributed by atoms with van der Waals surface area (Å²) >= 11 is 0. The number of anilines is 1. The van der Waals surface area contributed by atoms with Crippen LogP contribution >= 0.6 is 0 Å². The molecule has 3 rings (SSSR count). The Labute approximate surface area is 111 Å². The number of aromatic nitrogens is 3. The van der Waals surface area contributed by atoms with Crippen LogP contribution in [0.3, 0.4) is 0 Å². The smallest absolute Gasteiger partial charge is 0.243 e. The van der Waals surface area contributed by atoms with Crippen molar-refractivity contribution in [1.82, 2.24) is 14.6 Å². The van der Waals surface area contributed by atoms with Gasteiger partial charge in [-0.25, -0.2) is 4.52 Å². The number of ether oxygens (including phenoxy) is 2. The van der Waals surface area contributed by atoms with Gasteiger partial charge < -0.3 is 14.8 Å². The Hall–Kier alpha value is -1.66. The highest BCUT2D eigenvalue weighted by atomic mass is 16.7. The third kappa shape index (κ3) is 2.54. The molecule has 1 fully saturated rings. The SMILES string of the molecule is Cc1cccc2nc(NCC3COC(C)(C)O3)nn12. The molecule has 6 nitrogen and oxygen atoms in total. The molecule has 2 aromatic heterocycles. The van der Waals surface area contributed by atoms with Gasteiger partial charge in [-0.2, -0.15) is 4.98 Å². The highest BCUT2D eigenvalue weighted by Crippen LogP contribution is 2.22. The number of nitrogens with one attached hydrogen (secondary N) is 1. The Morgan fingerprint density at radius 1 is 1.47 bits per heavy atom. The van der Waals surface area contributed by atoms with Crippen molar-refractivity contribution in [3.05, 3.63) is 23.9 Å². The molecule has 2 aromatic rings. The van der Waals surface area contributed by atoms with Crippen LogP contribution in [0.1, 0.15) is 19.5 Å². The molecule has 1 atom stereocenters. The topological polar surface area (TPSA) is 60.7 Å². The highest BCUT2D eigenvalue weighted by molar-refractivity contribution is 5.44. The summed E-state index contributed by atoms with van der Waals surface area (Å²) in [7, 11) is 0. The van der Waals surface area contributed by atoms with E-state index in [0.29, 0.717) is 19.1 Å². The van der Waals surface area contributed by atoms with Gasteiger partial charge in [0.15, 0.2) is 11.4 Å². The van der Waals surface area contributed by atoms with Crippen molar-refractivity contribution < 1.29 is 9.47 Å². The van der Waals surface area contributed by atoms with Crippen molar-refractivity contribution in [2.75, 3.05) is 18.5 Å². The number of pyridine rings is 1. The van der Waals surface area contributed by atoms with Gasteiger partial charge in [-0.15, -0.1) is 5.10 Å². The first-order chi connectivity index (χ1) is 9.03. The maximum Gasteiger partial charge on any atom is 0.243 e. The molecule has 1 saturated heterocycles. The molecule has 6 heteroatoms. The van der Waals surface area contributed by atoms with Crippen molar-refractivity contribution in [3.8, 4) is 0 Å². The van der Waals surface area contributed by atoms with Gasteiger partial charge in [0.25, 0.3) is 0 Å². The van der Waals surface area contributed by atoms with Gasteiger partial charge in [0, 0.05) is 12.2 Å². The summed E-state index contributed by atoms with van der Waals surface area (Å²) in [5, 5.41) is 7.60.